The summed E-state index contributed by atoms with van der Waals surface area (Å²) in [6.45, 7) is 1.97. The minimum atomic E-state index is -0.230. The average Bonchev–Trinajstić information content (AvgIpc) is 2.69. The number of benzene rings is 3. The molecule has 0 saturated heterocycles. The molecule has 0 fully saturated rings. The molecule has 138 valence electrons. The van der Waals surface area contributed by atoms with Gasteiger partial charge in [-0.25, -0.2) is 0 Å². The van der Waals surface area contributed by atoms with Crippen molar-refractivity contribution in [3.8, 4) is 5.75 Å². The Bertz CT molecular complexity index is 897. The van der Waals surface area contributed by atoms with Gasteiger partial charge in [0.25, 0.3) is 0 Å². The number of hydrogen-bond acceptors (Lipinski definition) is 2. The molecule has 0 aromatic heterocycles. The van der Waals surface area contributed by atoms with E-state index < -0.39 is 0 Å². The van der Waals surface area contributed by atoms with E-state index in [9.17, 15) is 9.90 Å². The fourth-order valence-corrected chi connectivity index (χ4v) is 3.59. The van der Waals surface area contributed by atoms with Gasteiger partial charge in [-0.2, -0.15) is 0 Å². The second-order valence-corrected chi connectivity index (χ2v) is 7.49. The summed E-state index contributed by atoms with van der Waals surface area (Å²) in [5.41, 5.74) is 2.79. The van der Waals surface area contributed by atoms with Crippen molar-refractivity contribution in [2.75, 3.05) is 0 Å². The van der Waals surface area contributed by atoms with Gasteiger partial charge in [-0.15, -0.1) is 0 Å². The highest BCUT2D eigenvalue weighted by molar-refractivity contribution is 9.10. The number of hydrogen-bond donors (Lipinski definition) is 2. The highest BCUT2D eigenvalue weighted by Crippen LogP contribution is 2.35. The Labute approximate surface area is 168 Å². The normalized spacial score (nSPS) is 13.0. The molecule has 4 heteroatoms. The molecule has 2 atom stereocenters. The number of carbonyl (C=O) groups is 1. The second-order valence-electron chi connectivity index (χ2n) is 6.57. The first-order valence-corrected chi connectivity index (χ1v) is 9.71. The number of amides is 1. The molecule has 0 unspecified atom stereocenters. The smallest absolute Gasteiger partial charge is 0.221 e. The fourth-order valence-electron chi connectivity index (χ4n) is 3.21. The number of aromatic hydroxyl groups is 1. The monoisotopic (exact) mass is 423 g/mol. The van der Waals surface area contributed by atoms with E-state index in [4.69, 9.17) is 0 Å². The van der Waals surface area contributed by atoms with Crippen LogP contribution in [0.15, 0.2) is 83.3 Å². The lowest BCUT2D eigenvalue weighted by atomic mass is 9.87. The zero-order valence-corrected chi connectivity index (χ0v) is 16.7. The predicted molar refractivity (Wildman–Crippen MR) is 112 cm³/mol. The van der Waals surface area contributed by atoms with E-state index >= 15 is 0 Å². The van der Waals surface area contributed by atoms with E-state index in [0.29, 0.717) is 0 Å². The molecule has 0 spiro atoms. The maximum Gasteiger partial charge on any atom is 0.221 e. The SMILES string of the molecule is C[C@H](NC(=O)C[C@@H](c1ccccc1)c1cc(Br)ccc1O)c1ccccc1. The molecule has 0 heterocycles. The summed E-state index contributed by atoms with van der Waals surface area (Å²) >= 11 is 3.46. The zero-order chi connectivity index (χ0) is 19.2. The van der Waals surface area contributed by atoms with Crippen molar-refractivity contribution >= 4 is 21.8 Å². The van der Waals surface area contributed by atoms with E-state index in [1.54, 1.807) is 12.1 Å². The standard InChI is InChI=1S/C23H22BrNO2/c1-16(17-8-4-2-5-9-17)25-23(27)15-20(18-10-6-3-7-11-18)21-14-19(24)12-13-22(21)26/h2-14,16,20,26H,15H2,1H3,(H,25,27)/t16-,20-/m0/s1. The van der Waals surface area contributed by atoms with E-state index in [0.717, 1.165) is 21.2 Å². The van der Waals surface area contributed by atoms with E-state index in [-0.39, 0.29) is 30.0 Å². The number of nitrogens with one attached hydrogen (secondary N) is 1. The summed E-state index contributed by atoms with van der Waals surface area (Å²) in [6, 6.07) is 24.9. The van der Waals surface area contributed by atoms with Gasteiger partial charge >= 0.3 is 0 Å². The molecule has 0 aliphatic carbocycles. The summed E-state index contributed by atoms with van der Waals surface area (Å²) in [5, 5.41) is 13.5. The predicted octanol–water partition coefficient (Wildman–Crippen LogP) is 5.55. The Kier molecular flexibility index (Phi) is 6.30. The number of halogens is 1. The van der Waals surface area contributed by atoms with Crippen LogP contribution in [0.5, 0.6) is 5.75 Å². The van der Waals surface area contributed by atoms with E-state index in [2.05, 4.69) is 21.2 Å². The molecule has 27 heavy (non-hydrogen) atoms. The zero-order valence-electron chi connectivity index (χ0n) is 15.1. The molecule has 3 aromatic rings. The molecule has 2 N–H and O–H groups in total. The van der Waals surface area contributed by atoms with Crippen LogP contribution in [-0.2, 0) is 4.79 Å². The molecule has 0 saturated carbocycles. The van der Waals surface area contributed by atoms with Crippen LogP contribution in [0.4, 0.5) is 0 Å². The Hall–Kier alpha value is -2.59. The molecular weight excluding hydrogens is 402 g/mol. The molecule has 3 nitrogen and oxygen atoms in total. The molecule has 0 bridgehead atoms. The van der Waals surface area contributed by atoms with Gasteiger partial charge in [-0.3, -0.25) is 4.79 Å². The van der Waals surface area contributed by atoms with Gasteiger partial charge in [-0.05, 0) is 36.2 Å². The summed E-state index contributed by atoms with van der Waals surface area (Å²) in [7, 11) is 0. The van der Waals surface area contributed by atoms with Crippen LogP contribution in [-0.4, -0.2) is 11.0 Å². The van der Waals surface area contributed by atoms with Crippen LogP contribution in [0.2, 0.25) is 0 Å². The first-order chi connectivity index (χ1) is 13.0. The topological polar surface area (TPSA) is 49.3 Å². The Morgan fingerprint density at radius 3 is 2.19 bits per heavy atom. The van der Waals surface area contributed by atoms with Crippen molar-refractivity contribution in [3.63, 3.8) is 0 Å². The van der Waals surface area contributed by atoms with Crippen molar-refractivity contribution in [2.45, 2.75) is 25.3 Å². The van der Waals surface area contributed by atoms with E-state index in [1.165, 1.54) is 0 Å². The Morgan fingerprint density at radius 2 is 1.56 bits per heavy atom. The minimum absolute atomic E-state index is 0.0559. The lowest BCUT2D eigenvalue weighted by Crippen LogP contribution is -2.28. The maximum absolute atomic E-state index is 12.8. The third-order valence-corrected chi connectivity index (χ3v) is 5.13. The van der Waals surface area contributed by atoms with Gasteiger partial charge in [0.05, 0.1) is 6.04 Å². The Balaban J connectivity index is 1.83. The first-order valence-electron chi connectivity index (χ1n) is 8.92. The molecule has 1 amide bonds. The molecule has 0 aliphatic rings. The number of phenols is 1. The third kappa shape index (κ3) is 4.98. The van der Waals surface area contributed by atoms with Crippen LogP contribution in [0.1, 0.15) is 42.0 Å². The maximum atomic E-state index is 12.8. The van der Waals surface area contributed by atoms with Crippen LogP contribution >= 0.6 is 15.9 Å². The Morgan fingerprint density at radius 1 is 0.963 bits per heavy atom. The second kappa shape index (κ2) is 8.87. The average molecular weight is 424 g/mol. The van der Waals surface area contributed by atoms with Crippen molar-refractivity contribution < 1.29 is 9.90 Å². The third-order valence-electron chi connectivity index (χ3n) is 4.63. The van der Waals surface area contributed by atoms with Crippen LogP contribution in [0.25, 0.3) is 0 Å². The number of rotatable bonds is 6. The van der Waals surface area contributed by atoms with Gasteiger partial charge in [0.2, 0.25) is 5.91 Å². The molecule has 3 aromatic carbocycles. The molecule has 0 aliphatic heterocycles. The highest BCUT2D eigenvalue weighted by atomic mass is 79.9. The minimum Gasteiger partial charge on any atom is -0.508 e. The number of phenolic OH excluding ortho intramolecular Hbond substituents is 1. The molecule has 0 radical (unpaired) electrons. The van der Waals surface area contributed by atoms with Crippen LogP contribution in [0.3, 0.4) is 0 Å². The van der Waals surface area contributed by atoms with Gasteiger partial charge in [0, 0.05) is 22.4 Å². The van der Waals surface area contributed by atoms with Crippen LogP contribution in [0, 0.1) is 0 Å². The van der Waals surface area contributed by atoms with Crippen molar-refractivity contribution in [3.05, 3.63) is 100 Å². The van der Waals surface area contributed by atoms with E-state index in [1.807, 2.05) is 73.7 Å². The summed E-state index contributed by atoms with van der Waals surface area (Å²) < 4.78 is 0.870. The van der Waals surface area contributed by atoms with Crippen molar-refractivity contribution in [2.24, 2.45) is 0 Å². The van der Waals surface area contributed by atoms with Gasteiger partial charge in [-0.1, -0.05) is 76.6 Å². The van der Waals surface area contributed by atoms with Crippen LogP contribution < -0.4 is 5.32 Å². The van der Waals surface area contributed by atoms with Gasteiger partial charge in [0.1, 0.15) is 5.75 Å². The van der Waals surface area contributed by atoms with Crippen molar-refractivity contribution in [1.29, 1.82) is 0 Å². The highest BCUT2D eigenvalue weighted by Gasteiger charge is 2.22. The number of carbonyl (C=O) groups excluding carboxylic acids is 1. The first kappa shape index (κ1) is 19.2. The molecular formula is C23H22BrNO2. The van der Waals surface area contributed by atoms with Gasteiger partial charge in [0.15, 0.2) is 0 Å². The quantitative estimate of drug-likeness (QED) is 0.545. The summed E-state index contributed by atoms with van der Waals surface area (Å²) in [5.74, 6) is -0.0952. The lowest BCUT2D eigenvalue weighted by Gasteiger charge is -2.21. The fraction of sp³-hybridized carbons (Fsp3) is 0.174. The summed E-state index contributed by atoms with van der Waals surface area (Å²) in [6.07, 6.45) is 0.255. The largest absolute Gasteiger partial charge is 0.508 e. The summed E-state index contributed by atoms with van der Waals surface area (Å²) in [4.78, 5) is 12.8. The lowest BCUT2D eigenvalue weighted by molar-refractivity contribution is -0.121. The van der Waals surface area contributed by atoms with Crippen molar-refractivity contribution in [1.82, 2.24) is 5.32 Å². The van der Waals surface area contributed by atoms with Gasteiger partial charge < -0.3 is 10.4 Å². The molecule has 3 rings (SSSR count).